The minimum atomic E-state index is -4.26. The molecule has 0 aromatic heterocycles. The Labute approximate surface area is 200 Å². The smallest absolute Gasteiger partial charge is 0.392 e. The Hall–Kier alpha value is -0.980. The molecule has 3 saturated heterocycles. The largest absolute Gasteiger partial charge is 0.395 e. The third-order valence-corrected chi connectivity index (χ3v) is 8.61. The van der Waals surface area contributed by atoms with Crippen LogP contribution in [-0.4, -0.2) is 78.4 Å². The fourth-order valence-electron chi connectivity index (χ4n) is 6.58. The number of carbonyl (C=O) groups excluding carboxylic acids is 1. The van der Waals surface area contributed by atoms with Crippen LogP contribution in [-0.2, 0) is 4.79 Å². The van der Waals surface area contributed by atoms with Crippen LogP contribution in [0.3, 0.4) is 0 Å². The zero-order chi connectivity index (χ0) is 24.6. The van der Waals surface area contributed by atoms with E-state index in [9.17, 15) is 23.1 Å². The minimum absolute atomic E-state index is 0.00835. The summed E-state index contributed by atoms with van der Waals surface area (Å²) >= 11 is 0. The minimum Gasteiger partial charge on any atom is -0.395 e. The van der Waals surface area contributed by atoms with Gasteiger partial charge in [0.25, 0.3) is 0 Å². The Balaban J connectivity index is 1.49. The molecule has 8 nitrogen and oxygen atoms in total. The number of hydrogen-bond acceptors (Lipinski definition) is 7. The van der Waals surface area contributed by atoms with E-state index in [0.717, 1.165) is 25.9 Å². The first-order valence-corrected chi connectivity index (χ1v) is 12.8. The molecule has 3 heterocycles. The predicted molar refractivity (Wildman–Crippen MR) is 122 cm³/mol. The standard InChI is InChI=1S/C23H41F3N6O2/c1-13(7-21-30-27-12-31(21)3)15-8-19(28-14(2)11-33)29-20(9-15)32-10-17-16(22(32)34)5-4-6-18(17)23(24,25)26/h13-21,27-30,33H,4-12H2,1-3H3/t13-,14+,15?,16?,17?,18?,19?,20?,21?/m1/s1. The van der Waals surface area contributed by atoms with Crippen LogP contribution in [0.15, 0.2) is 0 Å². The fraction of sp³-hybridized carbons (Fsp3) is 0.957. The van der Waals surface area contributed by atoms with Crippen molar-refractivity contribution in [3.63, 3.8) is 0 Å². The van der Waals surface area contributed by atoms with Gasteiger partial charge < -0.3 is 10.0 Å². The summed E-state index contributed by atoms with van der Waals surface area (Å²) < 4.78 is 41.2. The lowest BCUT2D eigenvalue weighted by Crippen LogP contribution is -2.61. The van der Waals surface area contributed by atoms with E-state index < -0.39 is 23.9 Å². The van der Waals surface area contributed by atoms with E-state index >= 15 is 0 Å². The average Bonchev–Trinajstić information content (AvgIpc) is 3.35. The first-order valence-electron chi connectivity index (χ1n) is 12.8. The topological polar surface area (TPSA) is 91.9 Å². The number of nitrogens with zero attached hydrogens (tertiary/aromatic N) is 2. The van der Waals surface area contributed by atoms with E-state index in [-0.39, 0.29) is 50.0 Å². The van der Waals surface area contributed by atoms with Gasteiger partial charge >= 0.3 is 6.18 Å². The number of hydrogen-bond donors (Lipinski definition) is 5. The molecule has 7 unspecified atom stereocenters. The molecule has 4 rings (SSSR count). The van der Waals surface area contributed by atoms with Crippen LogP contribution >= 0.6 is 0 Å². The van der Waals surface area contributed by atoms with Crippen molar-refractivity contribution in [2.24, 2.45) is 29.6 Å². The lowest BCUT2D eigenvalue weighted by Gasteiger charge is -2.44. The van der Waals surface area contributed by atoms with E-state index in [4.69, 9.17) is 0 Å². The molecule has 3 aliphatic heterocycles. The van der Waals surface area contributed by atoms with E-state index in [0.29, 0.717) is 24.7 Å². The van der Waals surface area contributed by atoms with Crippen LogP contribution in [0.1, 0.15) is 52.4 Å². The first-order chi connectivity index (χ1) is 16.1. The number of rotatable bonds is 7. The van der Waals surface area contributed by atoms with Crippen molar-refractivity contribution in [2.45, 2.75) is 83.1 Å². The number of hydrazine groups is 1. The van der Waals surface area contributed by atoms with E-state index in [1.807, 2.05) is 6.92 Å². The summed E-state index contributed by atoms with van der Waals surface area (Å²) in [6.07, 6.45) is -0.841. The molecule has 1 amide bonds. The zero-order valence-electron chi connectivity index (χ0n) is 20.4. The summed E-state index contributed by atoms with van der Waals surface area (Å²) in [7, 11) is 2.06. The summed E-state index contributed by atoms with van der Waals surface area (Å²) in [6, 6.07) is -0.120. The Kier molecular flexibility index (Phi) is 8.10. The molecule has 196 valence electrons. The number of aliphatic hydroxyl groups is 1. The van der Waals surface area contributed by atoms with E-state index in [2.05, 4.69) is 40.4 Å². The van der Waals surface area contributed by atoms with Gasteiger partial charge in [-0.1, -0.05) is 13.3 Å². The number of fused-ring (bicyclic) bond motifs is 1. The van der Waals surface area contributed by atoms with Crippen molar-refractivity contribution in [1.29, 1.82) is 0 Å². The van der Waals surface area contributed by atoms with Crippen molar-refractivity contribution in [2.75, 3.05) is 26.9 Å². The normalized spacial score (nSPS) is 39.3. The second kappa shape index (κ2) is 10.6. The number of amides is 1. The highest BCUT2D eigenvalue weighted by atomic mass is 19.4. The van der Waals surface area contributed by atoms with Crippen molar-refractivity contribution in [3.05, 3.63) is 0 Å². The highest BCUT2D eigenvalue weighted by Gasteiger charge is 2.56. The Morgan fingerprint density at radius 3 is 2.65 bits per heavy atom. The van der Waals surface area contributed by atoms with Crippen molar-refractivity contribution >= 4 is 5.91 Å². The lowest BCUT2D eigenvalue weighted by atomic mass is 9.73. The molecule has 0 radical (unpaired) electrons. The number of carbonyl (C=O) groups is 1. The molecule has 34 heavy (non-hydrogen) atoms. The van der Waals surface area contributed by atoms with Gasteiger partial charge in [0.1, 0.15) is 0 Å². The highest BCUT2D eigenvalue weighted by molar-refractivity contribution is 5.82. The number of likely N-dealkylation sites (tertiary alicyclic amines) is 1. The molecule has 0 aromatic rings. The highest BCUT2D eigenvalue weighted by Crippen LogP contribution is 2.48. The van der Waals surface area contributed by atoms with Crippen molar-refractivity contribution in [3.8, 4) is 0 Å². The molecule has 0 spiro atoms. The summed E-state index contributed by atoms with van der Waals surface area (Å²) in [4.78, 5) is 17.2. The quantitative estimate of drug-likeness (QED) is 0.369. The number of aliphatic hydroxyl groups excluding tert-OH is 1. The molecular formula is C23H41F3N6O2. The summed E-state index contributed by atoms with van der Waals surface area (Å²) in [5.74, 6) is -2.05. The molecule has 4 aliphatic rings. The SMILES string of the molecule is C[C@H](CC1NNCN1C)C1CC(N[C@@H](C)CO)NC(N2CC3C(CCCC3C(F)(F)F)C2=O)C1. The summed E-state index contributed by atoms with van der Waals surface area (Å²) in [5.41, 5.74) is 6.45. The molecule has 5 N–H and O–H groups in total. The average molecular weight is 491 g/mol. The van der Waals surface area contributed by atoms with Crippen molar-refractivity contribution in [1.82, 2.24) is 31.3 Å². The molecule has 0 bridgehead atoms. The summed E-state index contributed by atoms with van der Waals surface area (Å²) in [5, 5.41) is 16.4. The monoisotopic (exact) mass is 490 g/mol. The van der Waals surface area contributed by atoms with Gasteiger partial charge in [-0.3, -0.25) is 20.3 Å². The zero-order valence-corrected chi connectivity index (χ0v) is 20.4. The molecule has 1 saturated carbocycles. The van der Waals surface area contributed by atoms with Gasteiger partial charge in [-0.2, -0.15) is 13.2 Å². The number of nitrogens with one attached hydrogen (secondary N) is 4. The second-order valence-electron chi connectivity index (χ2n) is 11.0. The molecular weight excluding hydrogens is 449 g/mol. The molecule has 11 heteroatoms. The van der Waals surface area contributed by atoms with Gasteiger partial charge in [-0.15, -0.1) is 0 Å². The Morgan fingerprint density at radius 2 is 2.00 bits per heavy atom. The Morgan fingerprint density at radius 1 is 1.24 bits per heavy atom. The Bertz CT molecular complexity index is 713. The van der Waals surface area contributed by atoms with Crippen LogP contribution in [0.25, 0.3) is 0 Å². The van der Waals surface area contributed by atoms with Gasteiger partial charge in [0.05, 0.1) is 37.7 Å². The van der Waals surface area contributed by atoms with Crippen LogP contribution < -0.4 is 21.5 Å². The van der Waals surface area contributed by atoms with Gasteiger partial charge in [0.15, 0.2) is 0 Å². The number of piperidine rings is 1. The third kappa shape index (κ3) is 5.54. The lowest BCUT2D eigenvalue weighted by molar-refractivity contribution is -0.198. The molecule has 9 atom stereocenters. The van der Waals surface area contributed by atoms with Crippen LogP contribution in [0.4, 0.5) is 13.2 Å². The second-order valence-corrected chi connectivity index (χ2v) is 11.0. The van der Waals surface area contributed by atoms with Crippen LogP contribution in [0.2, 0.25) is 0 Å². The van der Waals surface area contributed by atoms with Crippen LogP contribution in [0.5, 0.6) is 0 Å². The maximum Gasteiger partial charge on any atom is 0.392 e. The van der Waals surface area contributed by atoms with E-state index in [1.54, 1.807) is 4.90 Å². The van der Waals surface area contributed by atoms with Crippen molar-refractivity contribution < 1.29 is 23.1 Å². The van der Waals surface area contributed by atoms with Gasteiger partial charge in [-0.05, 0) is 63.8 Å². The maximum atomic E-state index is 13.7. The molecule has 4 fully saturated rings. The van der Waals surface area contributed by atoms with Gasteiger partial charge in [0.2, 0.25) is 5.91 Å². The number of halogens is 3. The van der Waals surface area contributed by atoms with Gasteiger partial charge in [-0.25, -0.2) is 10.9 Å². The number of alkyl halides is 3. The van der Waals surface area contributed by atoms with E-state index in [1.165, 1.54) is 0 Å². The third-order valence-electron chi connectivity index (χ3n) is 8.61. The maximum absolute atomic E-state index is 13.7. The summed E-state index contributed by atoms with van der Waals surface area (Å²) in [6.45, 7) is 5.06. The molecule has 0 aromatic carbocycles. The fourth-order valence-corrected chi connectivity index (χ4v) is 6.58. The van der Waals surface area contributed by atoms with Crippen LogP contribution in [0, 0.1) is 29.6 Å². The molecule has 1 aliphatic carbocycles. The first kappa shape index (κ1) is 26.1. The van der Waals surface area contributed by atoms with Gasteiger partial charge in [0, 0.05) is 18.5 Å². The predicted octanol–water partition coefficient (Wildman–Crippen LogP) is 1.40.